The van der Waals surface area contributed by atoms with E-state index in [1.807, 2.05) is 18.2 Å². The molecule has 0 amide bonds. The lowest BCUT2D eigenvalue weighted by Gasteiger charge is -2.30. The Hall–Kier alpha value is -1.40. The van der Waals surface area contributed by atoms with Crippen LogP contribution in [0.2, 0.25) is 0 Å². The Kier molecular flexibility index (Phi) is 4.77. The number of carboxylic acid groups (broad SMARTS) is 1. The van der Waals surface area contributed by atoms with Crippen LogP contribution in [-0.4, -0.2) is 36.9 Å². The molecule has 0 unspecified atom stereocenters. The molecule has 1 aliphatic rings. The van der Waals surface area contributed by atoms with E-state index in [9.17, 15) is 13.2 Å². The summed E-state index contributed by atoms with van der Waals surface area (Å²) in [6, 6.07) is 9.10. The van der Waals surface area contributed by atoms with Gasteiger partial charge in [0.2, 0.25) is 10.0 Å². The van der Waals surface area contributed by atoms with Gasteiger partial charge in [0.15, 0.2) is 0 Å². The predicted octanol–water partition coefficient (Wildman–Crippen LogP) is 1.70. The standard InChI is InChI=1S/C14H19NO4S/c16-14(17)10-12-6-8-15(9-7-12)20(18,19)11-13-4-2-1-3-5-13/h1-5,12H,6-11H2,(H,16,17). The molecular formula is C14H19NO4S. The zero-order chi connectivity index (χ0) is 14.6. The molecule has 1 heterocycles. The third kappa shape index (κ3) is 4.05. The first-order valence-corrected chi connectivity index (χ1v) is 8.32. The van der Waals surface area contributed by atoms with Crippen molar-refractivity contribution in [1.29, 1.82) is 0 Å². The molecule has 0 atom stereocenters. The number of hydrogen-bond donors (Lipinski definition) is 1. The van der Waals surface area contributed by atoms with E-state index in [1.165, 1.54) is 4.31 Å². The molecule has 0 saturated carbocycles. The third-order valence-electron chi connectivity index (χ3n) is 3.62. The van der Waals surface area contributed by atoms with Gasteiger partial charge in [-0.1, -0.05) is 30.3 Å². The molecule has 1 aromatic carbocycles. The highest BCUT2D eigenvalue weighted by atomic mass is 32.2. The summed E-state index contributed by atoms with van der Waals surface area (Å²) in [4.78, 5) is 10.7. The summed E-state index contributed by atoms with van der Waals surface area (Å²) < 4.78 is 26.1. The summed E-state index contributed by atoms with van der Waals surface area (Å²) in [5.41, 5.74) is 0.778. The molecule has 5 nitrogen and oxygen atoms in total. The molecule has 110 valence electrons. The van der Waals surface area contributed by atoms with E-state index in [2.05, 4.69) is 0 Å². The summed E-state index contributed by atoms with van der Waals surface area (Å²) in [5, 5.41) is 8.75. The maximum Gasteiger partial charge on any atom is 0.303 e. The van der Waals surface area contributed by atoms with Gasteiger partial charge in [-0.2, -0.15) is 0 Å². The van der Waals surface area contributed by atoms with E-state index >= 15 is 0 Å². The van der Waals surface area contributed by atoms with Crippen LogP contribution in [0.4, 0.5) is 0 Å². The quantitative estimate of drug-likeness (QED) is 0.897. The van der Waals surface area contributed by atoms with Crippen molar-refractivity contribution in [2.45, 2.75) is 25.0 Å². The first kappa shape index (κ1) is 15.0. The second kappa shape index (κ2) is 6.37. The van der Waals surface area contributed by atoms with E-state index in [1.54, 1.807) is 12.1 Å². The molecule has 1 saturated heterocycles. The van der Waals surface area contributed by atoms with Crippen molar-refractivity contribution in [2.75, 3.05) is 13.1 Å². The fraction of sp³-hybridized carbons (Fsp3) is 0.500. The maximum absolute atomic E-state index is 12.3. The molecule has 1 aromatic rings. The predicted molar refractivity (Wildman–Crippen MR) is 75.6 cm³/mol. The molecular weight excluding hydrogens is 278 g/mol. The van der Waals surface area contributed by atoms with Crippen molar-refractivity contribution in [2.24, 2.45) is 5.92 Å². The number of nitrogens with zero attached hydrogens (tertiary/aromatic N) is 1. The van der Waals surface area contributed by atoms with Gasteiger partial charge in [0.25, 0.3) is 0 Å². The van der Waals surface area contributed by atoms with E-state index in [0.717, 1.165) is 5.56 Å². The Morgan fingerprint density at radius 1 is 1.20 bits per heavy atom. The van der Waals surface area contributed by atoms with Gasteiger partial charge in [0, 0.05) is 19.5 Å². The number of piperidine rings is 1. The fourth-order valence-electron chi connectivity index (χ4n) is 2.51. The Bertz CT molecular complexity index is 548. The average Bonchev–Trinajstić information content (AvgIpc) is 2.39. The highest BCUT2D eigenvalue weighted by Gasteiger charge is 2.28. The van der Waals surface area contributed by atoms with Gasteiger partial charge in [-0.15, -0.1) is 0 Å². The van der Waals surface area contributed by atoms with Crippen LogP contribution in [0.5, 0.6) is 0 Å². The lowest BCUT2D eigenvalue weighted by atomic mass is 9.95. The van der Waals surface area contributed by atoms with Gasteiger partial charge in [0.1, 0.15) is 0 Å². The SMILES string of the molecule is O=C(O)CC1CCN(S(=O)(=O)Cc2ccccc2)CC1. The second-order valence-corrected chi connectivity index (χ2v) is 7.15. The van der Waals surface area contributed by atoms with Gasteiger partial charge in [-0.25, -0.2) is 12.7 Å². The highest BCUT2D eigenvalue weighted by Crippen LogP contribution is 2.23. The first-order valence-electron chi connectivity index (χ1n) is 6.71. The summed E-state index contributed by atoms with van der Waals surface area (Å²) in [6.07, 6.45) is 1.38. The van der Waals surface area contributed by atoms with Crippen LogP contribution >= 0.6 is 0 Å². The zero-order valence-electron chi connectivity index (χ0n) is 11.2. The molecule has 20 heavy (non-hydrogen) atoms. The molecule has 2 rings (SSSR count). The van der Waals surface area contributed by atoms with E-state index in [0.29, 0.717) is 25.9 Å². The fourth-order valence-corrected chi connectivity index (χ4v) is 4.08. The van der Waals surface area contributed by atoms with Crippen LogP contribution in [0, 0.1) is 5.92 Å². The molecule has 0 aliphatic carbocycles. The summed E-state index contributed by atoms with van der Waals surface area (Å²) in [7, 11) is -3.30. The van der Waals surface area contributed by atoms with Crippen LogP contribution in [0.1, 0.15) is 24.8 Å². The number of benzene rings is 1. The molecule has 0 bridgehead atoms. The smallest absolute Gasteiger partial charge is 0.303 e. The minimum absolute atomic E-state index is 0.0113. The Balaban J connectivity index is 1.94. The second-order valence-electron chi connectivity index (χ2n) is 5.18. The summed E-state index contributed by atoms with van der Waals surface area (Å²) >= 11 is 0. The first-order chi connectivity index (χ1) is 9.47. The molecule has 0 spiro atoms. The largest absolute Gasteiger partial charge is 0.481 e. The summed E-state index contributed by atoms with van der Waals surface area (Å²) in [5.74, 6) is -0.705. The molecule has 0 radical (unpaired) electrons. The van der Waals surface area contributed by atoms with Gasteiger partial charge < -0.3 is 5.11 Å². The number of hydrogen-bond acceptors (Lipinski definition) is 3. The summed E-state index contributed by atoms with van der Waals surface area (Å²) in [6.45, 7) is 0.847. The van der Waals surface area contributed by atoms with Crippen LogP contribution in [0.25, 0.3) is 0 Å². The van der Waals surface area contributed by atoms with E-state index < -0.39 is 16.0 Å². The average molecular weight is 297 g/mol. The number of aliphatic carboxylic acids is 1. The molecule has 0 aromatic heterocycles. The van der Waals surface area contributed by atoms with Gasteiger partial charge >= 0.3 is 5.97 Å². The van der Waals surface area contributed by atoms with E-state index in [-0.39, 0.29) is 18.1 Å². The Morgan fingerprint density at radius 2 is 1.80 bits per heavy atom. The normalized spacial score (nSPS) is 18.0. The minimum atomic E-state index is -3.30. The Morgan fingerprint density at radius 3 is 2.35 bits per heavy atom. The van der Waals surface area contributed by atoms with Crippen LogP contribution in [0.15, 0.2) is 30.3 Å². The van der Waals surface area contributed by atoms with Crippen molar-refractivity contribution < 1.29 is 18.3 Å². The molecule has 1 fully saturated rings. The van der Waals surface area contributed by atoms with Gasteiger partial charge in [-0.3, -0.25) is 4.79 Å². The number of sulfonamides is 1. The highest BCUT2D eigenvalue weighted by molar-refractivity contribution is 7.88. The van der Waals surface area contributed by atoms with Crippen molar-refractivity contribution in [3.05, 3.63) is 35.9 Å². The monoisotopic (exact) mass is 297 g/mol. The maximum atomic E-state index is 12.3. The number of carbonyl (C=O) groups is 1. The van der Waals surface area contributed by atoms with Crippen LogP contribution < -0.4 is 0 Å². The lowest BCUT2D eigenvalue weighted by molar-refractivity contribution is -0.138. The number of rotatable bonds is 5. The topological polar surface area (TPSA) is 74.7 Å². The minimum Gasteiger partial charge on any atom is -0.481 e. The van der Waals surface area contributed by atoms with Gasteiger partial charge in [0.05, 0.1) is 5.75 Å². The van der Waals surface area contributed by atoms with Crippen molar-refractivity contribution >= 4 is 16.0 Å². The van der Waals surface area contributed by atoms with Crippen LogP contribution in [-0.2, 0) is 20.6 Å². The Labute approximate surface area is 119 Å². The van der Waals surface area contributed by atoms with Gasteiger partial charge in [-0.05, 0) is 24.3 Å². The zero-order valence-corrected chi connectivity index (χ0v) is 12.1. The molecule has 6 heteroatoms. The number of carboxylic acids is 1. The third-order valence-corrected chi connectivity index (χ3v) is 5.47. The lowest BCUT2D eigenvalue weighted by Crippen LogP contribution is -2.39. The van der Waals surface area contributed by atoms with Crippen molar-refractivity contribution in [1.82, 2.24) is 4.31 Å². The van der Waals surface area contributed by atoms with Crippen molar-refractivity contribution in [3.8, 4) is 0 Å². The van der Waals surface area contributed by atoms with Crippen molar-refractivity contribution in [3.63, 3.8) is 0 Å². The van der Waals surface area contributed by atoms with Crippen LogP contribution in [0.3, 0.4) is 0 Å². The molecule has 1 aliphatic heterocycles. The van der Waals surface area contributed by atoms with E-state index in [4.69, 9.17) is 5.11 Å². The molecule has 1 N–H and O–H groups in total.